The summed E-state index contributed by atoms with van der Waals surface area (Å²) in [6.45, 7) is 5.90. The first-order valence-corrected chi connectivity index (χ1v) is 6.17. The second-order valence-corrected chi connectivity index (χ2v) is 5.57. The number of morpholine rings is 1. The van der Waals surface area contributed by atoms with Crippen LogP contribution in [0.25, 0.3) is 0 Å². The van der Waals surface area contributed by atoms with Gasteiger partial charge in [0.05, 0.1) is 20.2 Å². The molecule has 7 nitrogen and oxygen atoms in total. The first-order chi connectivity index (χ1) is 8.80. The van der Waals surface area contributed by atoms with E-state index in [9.17, 15) is 9.59 Å². The van der Waals surface area contributed by atoms with Crippen molar-refractivity contribution >= 4 is 12.1 Å². The number of hydrogen-bond donors (Lipinski definition) is 0. The third-order valence-corrected chi connectivity index (χ3v) is 2.82. The molecule has 19 heavy (non-hydrogen) atoms. The standard InChI is InChI=1S/C12H19NO6/c1-12(2,3)19-11(15)13-5-7-9(10(14)16-4)18-8(6-13)17-7/h7-9H,5-6H2,1-4H3/t7-,8-,9-/m1/s1. The molecule has 2 bridgehead atoms. The molecule has 2 rings (SSSR count). The van der Waals surface area contributed by atoms with E-state index in [2.05, 4.69) is 4.74 Å². The molecule has 0 aromatic carbocycles. The number of nitrogens with zero attached hydrogens (tertiary/aromatic N) is 1. The molecule has 0 aromatic rings. The molecule has 1 amide bonds. The van der Waals surface area contributed by atoms with Crippen molar-refractivity contribution in [1.29, 1.82) is 0 Å². The Kier molecular flexibility index (Phi) is 3.69. The van der Waals surface area contributed by atoms with Gasteiger partial charge in [-0.2, -0.15) is 0 Å². The van der Waals surface area contributed by atoms with Crippen molar-refractivity contribution in [1.82, 2.24) is 4.90 Å². The van der Waals surface area contributed by atoms with Crippen molar-refractivity contribution < 1.29 is 28.5 Å². The topological polar surface area (TPSA) is 74.3 Å². The molecule has 0 aliphatic carbocycles. The van der Waals surface area contributed by atoms with E-state index in [1.54, 1.807) is 20.8 Å². The summed E-state index contributed by atoms with van der Waals surface area (Å²) in [5, 5.41) is 0. The van der Waals surface area contributed by atoms with Gasteiger partial charge in [0.2, 0.25) is 0 Å². The number of esters is 1. The number of methoxy groups -OCH3 is 1. The van der Waals surface area contributed by atoms with Gasteiger partial charge in [-0.3, -0.25) is 0 Å². The molecule has 2 heterocycles. The molecule has 3 atom stereocenters. The van der Waals surface area contributed by atoms with Crippen LogP contribution < -0.4 is 0 Å². The van der Waals surface area contributed by atoms with Crippen LogP contribution in [0.4, 0.5) is 4.79 Å². The highest BCUT2D eigenvalue weighted by Gasteiger charge is 2.48. The van der Waals surface area contributed by atoms with Crippen molar-refractivity contribution in [3.63, 3.8) is 0 Å². The van der Waals surface area contributed by atoms with Gasteiger partial charge in [0, 0.05) is 0 Å². The average molecular weight is 273 g/mol. The number of carbonyl (C=O) groups excluding carboxylic acids is 2. The van der Waals surface area contributed by atoms with Crippen LogP contribution in [0.1, 0.15) is 20.8 Å². The minimum Gasteiger partial charge on any atom is -0.467 e. The summed E-state index contributed by atoms with van der Waals surface area (Å²) in [6, 6.07) is 0. The zero-order valence-corrected chi connectivity index (χ0v) is 11.5. The van der Waals surface area contributed by atoms with Crippen molar-refractivity contribution in [2.24, 2.45) is 0 Å². The van der Waals surface area contributed by atoms with Crippen LogP contribution in [0.15, 0.2) is 0 Å². The first kappa shape index (κ1) is 14.1. The number of amides is 1. The monoisotopic (exact) mass is 273 g/mol. The van der Waals surface area contributed by atoms with Crippen molar-refractivity contribution in [2.45, 2.75) is 44.9 Å². The van der Waals surface area contributed by atoms with Gasteiger partial charge in [0.15, 0.2) is 12.4 Å². The normalized spacial score (nSPS) is 30.1. The summed E-state index contributed by atoms with van der Waals surface area (Å²) in [5.41, 5.74) is -0.558. The molecule has 0 spiro atoms. The molecular formula is C12H19NO6. The lowest BCUT2D eigenvalue weighted by atomic mass is 10.2. The zero-order chi connectivity index (χ0) is 14.2. The fourth-order valence-corrected chi connectivity index (χ4v) is 2.05. The van der Waals surface area contributed by atoms with Crippen LogP contribution in [0.5, 0.6) is 0 Å². The van der Waals surface area contributed by atoms with Gasteiger partial charge < -0.3 is 23.8 Å². The van der Waals surface area contributed by atoms with Crippen LogP contribution in [0.2, 0.25) is 0 Å². The zero-order valence-electron chi connectivity index (χ0n) is 11.5. The van der Waals surface area contributed by atoms with Crippen LogP contribution in [-0.4, -0.2) is 61.3 Å². The molecule has 2 aliphatic heterocycles. The second-order valence-electron chi connectivity index (χ2n) is 5.57. The van der Waals surface area contributed by atoms with Gasteiger partial charge in [-0.15, -0.1) is 0 Å². The summed E-state index contributed by atoms with van der Waals surface area (Å²) in [6.07, 6.45) is -2.31. The van der Waals surface area contributed by atoms with Gasteiger partial charge in [0.1, 0.15) is 11.7 Å². The largest absolute Gasteiger partial charge is 0.467 e. The lowest BCUT2D eigenvalue weighted by Gasteiger charge is -2.32. The van der Waals surface area contributed by atoms with Gasteiger partial charge in [0.25, 0.3) is 0 Å². The molecule has 0 N–H and O–H groups in total. The summed E-state index contributed by atoms with van der Waals surface area (Å²) >= 11 is 0. The van der Waals surface area contributed by atoms with E-state index >= 15 is 0 Å². The summed E-state index contributed by atoms with van der Waals surface area (Å²) in [7, 11) is 1.29. The number of ether oxygens (including phenoxy) is 4. The van der Waals surface area contributed by atoms with E-state index in [4.69, 9.17) is 14.2 Å². The predicted octanol–water partition coefficient (Wildman–Crippen LogP) is 0.520. The van der Waals surface area contributed by atoms with Crippen molar-refractivity contribution in [3.8, 4) is 0 Å². The Morgan fingerprint density at radius 2 is 1.89 bits per heavy atom. The lowest BCUT2D eigenvalue weighted by Crippen LogP contribution is -2.49. The van der Waals surface area contributed by atoms with Crippen LogP contribution in [0, 0.1) is 0 Å². The highest BCUT2D eigenvalue weighted by atomic mass is 16.7. The number of rotatable bonds is 1. The van der Waals surface area contributed by atoms with Crippen LogP contribution in [0.3, 0.4) is 0 Å². The smallest absolute Gasteiger partial charge is 0.410 e. The van der Waals surface area contributed by atoms with Gasteiger partial charge in [-0.05, 0) is 20.8 Å². The molecule has 7 heteroatoms. The summed E-state index contributed by atoms with van der Waals surface area (Å²) < 4.78 is 20.8. The Morgan fingerprint density at radius 3 is 2.47 bits per heavy atom. The van der Waals surface area contributed by atoms with Crippen LogP contribution >= 0.6 is 0 Å². The Labute approximate surface area is 111 Å². The van der Waals surface area contributed by atoms with Gasteiger partial charge in [-0.1, -0.05) is 0 Å². The maximum atomic E-state index is 12.0. The maximum Gasteiger partial charge on any atom is 0.410 e. The third-order valence-electron chi connectivity index (χ3n) is 2.82. The van der Waals surface area contributed by atoms with E-state index in [1.165, 1.54) is 12.0 Å². The van der Waals surface area contributed by atoms with E-state index < -0.39 is 36.2 Å². The molecule has 2 aliphatic rings. The molecule has 2 saturated heterocycles. The SMILES string of the molecule is COC(=O)[C@@H]1O[C@@H]2CN(C(=O)OC(C)(C)C)C[C@H]1O2. The van der Waals surface area contributed by atoms with Gasteiger partial charge in [-0.25, -0.2) is 9.59 Å². The molecule has 0 saturated carbocycles. The van der Waals surface area contributed by atoms with E-state index in [1.807, 2.05) is 0 Å². The van der Waals surface area contributed by atoms with E-state index in [-0.39, 0.29) is 13.1 Å². The molecular weight excluding hydrogens is 254 g/mol. The fourth-order valence-electron chi connectivity index (χ4n) is 2.05. The molecule has 0 aromatic heterocycles. The number of fused-ring (bicyclic) bond motifs is 2. The molecule has 0 radical (unpaired) electrons. The van der Waals surface area contributed by atoms with Crippen LogP contribution in [-0.2, 0) is 23.7 Å². The highest BCUT2D eigenvalue weighted by molar-refractivity contribution is 5.76. The maximum absolute atomic E-state index is 12.0. The molecule has 0 unspecified atom stereocenters. The lowest BCUT2D eigenvalue weighted by molar-refractivity contribution is -0.154. The Bertz CT molecular complexity index is 377. The van der Waals surface area contributed by atoms with E-state index in [0.29, 0.717) is 0 Å². The average Bonchev–Trinajstić information content (AvgIpc) is 2.61. The third kappa shape index (κ3) is 3.16. The number of hydrogen-bond acceptors (Lipinski definition) is 6. The summed E-state index contributed by atoms with van der Waals surface area (Å²) in [4.78, 5) is 24.9. The highest BCUT2D eigenvalue weighted by Crippen LogP contribution is 2.27. The predicted molar refractivity (Wildman–Crippen MR) is 63.4 cm³/mol. The second kappa shape index (κ2) is 4.97. The Morgan fingerprint density at radius 1 is 1.21 bits per heavy atom. The van der Waals surface area contributed by atoms with E-state index in [0.717, 1.165) is 0 Å². The fraction of sp³-hybridized carbons (Fsp3) is 0.833. The van der Waals surface area contributed by atoms with Crippen molar-refractivity contribution in [3.05, 3.63) is 0 Å². The quantitative estimate of drug-likeness (QED) is 0.648. The molecule has 108 valence electrons. The van der Waals surface area contributed by atoms with Crippen molar-refractivity contribution in [2.75, 3.05) is 20.2 Å². The Hall–Kier alpha value is -1.34. The number of carbonyl (C=O) groups is 2. The van der Waals surface area contributed by atoms with Gasteiger partial charge >= 0.3 is 12.1 Å². The Balaban J connectivity index is 1.98. The summed E-state index contributed by atoms with van der Waals surface area (Å²) in [5.74, 6) is -0.487. The molecule has 2 fully saturated rings. The minimum absolute atomic E-state index is 0.249. The minimum atomic E-state index is -0.776. The first-order valence-electron chi connectivity index (χ1n) is 6.17.